The molecular weight excluding hydrogens is 299 g/mol. The van der Waals surface area contributed by atoms with Gasteiger partial charge in [0.1, 0.15) is 11.6 Å². The molecule has 0 fully saturated rings. The lowest BCUT2D eigenvalue weighted by Crippen LogP contribution is -2.37. The van der Waals surface area contributed by atoms with Crippen molar-refractivity contribution in [3.63, 3.8) is 0 Å². The number of furan rings is 1. The van der Waals surface area contributed by atoms with Gasteiger partial charge in [-0.2, -0.15) is 0 Å². The van der Waals surface area contributed by atoms with Crippen molar-refractivity contribution in [2.45, 2.75) is 13.1 Å². The van der Waals surface area contributed by atoms with Crippen LogP contribution in [0.5, 0.6) is 0 Å². The Morgan fingerprint density at radius 2 is 2.00 bits per heavy atom. The third kappa shape index (κ3) is 4.57. The molecule has 1 aromatic heterocycles. The summed E-state index contributed by atoms with van der Waals surface area (Å²) in [5.74, 6) is 0.481. The number of nitrogens with one attached hydrogen (secondary N) is 1. The van der Waals surface area contributed by atoms with Gasteiger partial charge in [0.05, 0.1) is 6.54 Å². The second kappa shape index (κ2) is 7.44. The average Bonchev–Trinajstić information content (AvgIpc) is 2.99. The molecule has 122 valence electrons. The maximum atomic E-state index is 12.9. The number of halogens is 1. The number of hydrogen-bond acceptors (Lipinski definition) is 3. The normalized spacial score (nSPS) is 11.3. The van der Waals surface area contributed by atoms with Crippen LogP contribution in [0.2, 0.25) is 0 Å². The molecule has 7 heteroatoms. The molecule has 0 aliphatic carbocycles. The van der Waals surface area contributed by atoms with E-state index in [-0.39, 0.29) is 11.6 Å². The summed E-state index contributed by atoms with van der Waals surface area (Å²) in [5.41, 5.74) is 6.11. The average molecular weight is 318 g/mol. The SMILES string of the molecule is CN=C(NCc1ccc(C(N)=O)o1)N(C)Cc1ccc(F)cc1. The maximum absolute atomic E-state index is 12.9. The number of nitrogens with zero attached hydrogens (tertiary/aromatic N) is 2. The third-order valence-electron chi connectivity index (χ3n) is 3.23. The van der Waals surface area contributed by atoms with E-state index in [4.69, 9.17) is 10.2 Å². The van der Waals surface area contributed by atoms with E-state index < -0.39 is 5.91 Å². The predicted octanol–water partition coefficient (Wildman–Crippen LogP) is 1.72. The Morgan fingerprint density at radius 3 is 2.57 bits per heavy atom. The fraction of sp³-hybridized carbons (Fsp3) is 0.250. The van der Waals surface area contributed by atoms with Gasteiger partial charge in [-0.05, 0) is 29.8 Å². The van der Waals surface area contributed by atoms with Crippen LogP contribution in [0.3, 0.4) is 0 Å². The summed E-state index contributed by atoms with van der Waals surface area (Å²) < 4.78 is 18.2. The molecule has 2 aromatic rings. The van der Waals surface area contributed by atoms with E-state index in [2.05, 4.69) is 10.3 Å². The topological polar surface area (TPSA) is 83.9 Å². The van der Waals surface area contributed by atoms with E-state index in [0.717, 1.165) is 5.56 Å². The minimum Gasteiger partial charge on any atom is -0.454 e. The quantitative estimate of drug-likeness (QED) is 0.649. The van der Waals surface area contributed by atoms with Gasteiger partial charge in [0.25, 0.3) is 5.91 Å². The Balaban J connectivity index is 1.93. The van der Waals surface area contributed by atoms with Crippen molar-refractivity contribution in [1.29, 1.82) is 0 Å². The first-order valence-electron chi connectivity index (χ1n) is 7.04. The number of carbonyl (C=O) groups is 1. The number of aliphatic imine (C=N–C) groups is 1. The lowest BCUT2D eigenvalue weighted by atomic mass is 10.2. The number of guanidine groups is 1. The summed E-state index contributed by atoms with van der Waals surface area (Å²) in [4.78, 5) is 17.1. The predicted molar refractivity (Wildman–Crippen MR) is 85.3 cm³/mol. The van der Waals surface area contributed by atoms with Gasteiger partial charge in [0.15, 0.2) is 11.7 Å². The molecule has 23 heavy (non-hydrogen) atoms. The smallest absolute Gasteiger partial charge is 0.284 e. The van der Waals surface area contributed by atoms with Crippen molar-refractivity contribution in [3.8, 4) is 0 Å². The molecule has 0 aliphatic heterocycles. The van der Waals surface area contributed by atoms with Crippen LogP contribution >= 0.6 is 0 Å². The van der Waals surface area contributed by atoms with Gasteiger partial charge in [0.2, 0.25) is 0 Å². The van der Waals surface area contributed by atoms with Crippen molar-refractivity contribution >= 4 is 11.9 Å². The first-order chi connectivity index (χ1) is 11.0. The number of benzene rings is 1. The van der Waals surface area contributed by atoms with Gasteiger partial charge in [-0.15, -0.1) is 0 Å². The maximum Gasteiger partial charge on any atom is 0.284 e. The van der Waals surface area contributed by atoms with Gasteiger partial charge in [-0.3, -0.25) is 9.79 Å². The molecule has 2 rings (SSSR count). The summed E-state index contributed by atoms with van der Waals surface area (Å²) in [7, 11) is 3.54. The summed E-state index contributed by atoms with van der Waals surface area (Å²) in [6.07, 6.45) is 0. The largest absolute Gasteiger partial charge is 0.454 e. The van der Waals surface area contributed by atoms with Crippen LogP contribution < -0.4 is 11.1 Å². The first-order valence-corrected chi connectivity index (χ1v) is 7.04. The summed E-state index contributed by atoms with van der Waals surface area (Å²) in [6, 6.07) is 9.52. The molecule has 1 heterocycles. The molecule has 0 unspecified atom stereocenters. The van der Waals surface area contributed by atoms with Crippen molar-refractivity contribution in [1.82, 2.24) is 10.2 Å². The van der Waals surface area contributed by atoms with E-state index in [9.17, 15) is 9.18 Å². The molecule has 0 saturated heterocycles. The minimum atomic E-state index is -0.603. The van der Waals surface area contributed by atoms with Gasteiger partial charge in [-0.1, -0.05) is 12.1 Å². The van der Waals surface area contributed by atoms with Gasteiger partial charge < -0.3 is 20.4 Å². The monoisotopic (exact) mass is 318 g/mol. The number of hydrogen-bond donors (Lipinski definition) is 2. The zero-order valence-electron chi connectivity index (χ0n) is 13.0. The van der Waals surface area contributed by atoms with E-state index in [1.54, 1.807) is 25.2 Å². The molecule has 1 amide bonds. The Labute approximate surface area is 133 Å². The molecule has 0 aliphatic rings. The minimum absolute atomic E-state index is 0.122. The van der Waals surface area contributed by atoms with Gasteiger partial charge in [-0.25, -0.2) is 4.39 Å². The van der Waals surface area contributed by atoms with Gasteiger partial charge in [0, 0.05) is 20.6 Å². The number of primary amides is 1. The van der Waals surface area contributed by atoms with Crippen molar-refractivity contribution in [2.75, 3.05) is 14.1 Å². The Bertz CT molecular complexity index is 694. The van der Waals surface area contributed by atoms with Crippen LogP contribution in [0, 0.1) is 5.82 Å². The number of carbonyl (C=O) groups excluding carboxylic acids is 1. The lowest BCUT2D eigenvalue weighted by Gasteiger charge is -2.21. The zero-order chi connectivity index (χ0) is 16.8. The van der Waals surface area contributed by atoms with Crippen LogP contribution in [0.1, 0.15) is 21.9 Å². The molecular formula is C16H19FN4O2. The molecule has 0 spiro atoms. The van der Waals surface area contributed by atoms with Crippen molar-refractivity contribution in [2.24, 2.45) is 10.7 Å². The van der Waals surface area contributed by atoms with Crippen LogP contribution in [-0.4, -0.2) is 30.9 Å². The van der Waals surface area contributed by atoms with Crippen molar-refractivity contribution in [3.05, 3.63) is 59.3 Å². The Hall–Kier alpha value is -2.83. The summed E-state index contributed by atoms with van der Waals surface area (Å²) in [5, 5.41) is 3.13. The Morgan fingerprint density at radius 1 is 1.30 bits per heavy atom. The van der Waals surface area contributed by atoms with Crippen LogP contribution in [-0.2, 0) is 13.1 Å². The Kier molecular flexibility index (Phi) is 5.35. The highest BCUT2D eigenvalue weighted by molar-refractivity contribution is 5.89. The molecule has 3 N–H and O–H groups in total. The van der Waals surface area contributed by atoms with Gasteiger partial charge >= 0.3 is 0 Å². The van der Waals surface area contributed by atoms with E-state index >= 15 is 0 Å². The lowest BCUT2D eigenvalue weighted by molar-refractivity contribution is 0.0972. The van der Waals surface area contributed by atoms with E-state index in [1.807, 2.05) is 11.9 Å². The standard InChI is InChI=1S/C16H19FN4O2/c1-19-16(20-9-13-7-8-14(23-13)15(18)22)21(2)10-11-3-5-12(17)6-4-11/h3-8H,9-10H2,1-2H3,(H2,18,22)(H,19,20). The molecule has 1 aromatic carbocycles. The van der Waals surface area contributed by atoms with E-state index in [0.29, 0.717) is 24.8 Å². The molecule has 0 radical (unpaired) electrons. The summed E-state index contributed by atoms with van der Waals surface area (Å²) >= 11 is 0. The fourth-order valence-electron chi connectivity index (χ4n) is 2.09. The fourth-order valence-corrected chi connectivity index (χ4v) is 2.09. The number of rotatable bonds is 5. The second-order valence-corrected chi connectivity index (χ2v) is 5.01. The van der Waals surface area contributed by atoms with E-state index in [1.165, 1.54) is 18.2 Å². The second-order valence-electron chi connectivity index (χ2n) is 5.01. The molecule has 0 saturated carbocycles. The van der Waals surface area contributed by atoms with Crippen molar-refractivity contribution < 1.29 is 13.6 Å². The number of amides is 1. The highest BCUT2D eigenvalue weighted by Gasteiger charge is 2.10. The van der Waals surface area contributed by atoms with Crippen LogP contribution in [0.4, 0.5) is 4.39 Å². The zero-order valence-corrected chi connectivity index (χ0v) is 13.0. The molecule has 0 bridgehead atoms. The highest BCUT2D eigenvalue weighted by atomic mass is 19.1. The van der Waals surface area contributed by atoms with Crippen LogP contribution in [0.25, 0.3) is 0 Å². The first kappa shape index (κ1) is 16.5. The molecule has 0 atom stereocenters. The number of nitrogens with two attached hydrogens (primary N) is 1. The third-order valence-corrected chi connectivity index (χ3v) is 3.23. The molecule has 6 nitrogen and oxygen atoms in total. The van der Waals surface area contributed by atoms with Crippen LogP contribution in [0.15, 0.2) is 45.8 Å². The summed E-state index contributed by atoms with van der Waals surface area (Å²) in [6.45, 7) is 0.943. The highest BCUT2D eigenvalue weighted by Crippen LogP contribution is 2.08.